The Morgan fingerprint density at radius 1 is 1.16 bits per heavy atom. The average molecular weight is 456 g/mol. The minimum atomic E-state index is -0.348. The quantitative estimate of drug-likeness (QED) is 0.559. The van der Waals surface area contributed by atoms with E-state index in [1.807, 2.05) is 47.0 Å². The fraction of sp³-hybridized carbons (Fsp3) is 0.273. The minimum absolute atomic E-state index is 0.0933. The topological polar surface area (TPSA) is 80.1 Å². The summed E-state index contributed by atoms with van der Waals surface area (Å²) in [6.07, 6.45) is 0. The van der Waals surface area contributed by atoms with Crippen molar-refractivity contribution in [1.82, 2.24) is 25.0 Å². The third kappa shape index (κ3) is 4.45. The molecule has 0 radical (unpaired) electrons. The number of para-hydroxylation sites is 1. The molecule has 160 valence electrons. The second kappa shape index (κ2) is 9.11. The van der Waals surface area contributed by atoms with Crippen molar-refractivity contribution in [2.75, 3.05) is 18.8 Å². The van der Waals surface area contributed by atoms with Crippen molar-refractivity contribution < 1.29 is 9.59 Å². The van der Waals surface area contributed by atoms with Crippen molar-refractivity contribution >= 4 is 35.3 Å². The molecule has 1 aromatic heterocycles. The van der Waals surface area contributed by atoms with Gasteiger partial charge in [-0.05, 0) is 41.8 Å². The number of carbonyl (C=O) groups excluding carboxylic acids is 2. The Hall–Kier alpha value is -2.84. The van der Waals surface area contributed by atoms with Crippen LogP contribution in [0.1, 0.15) is 25.3 Å². The molecule has 0 spiro atoms. The molecule has 4 rings (SSSR count). The van der Waals surface area contributed by atoms with E-state index in [1.165, 1.54) is 16.7 Å². The van der Waals surface area contributed by atoms with E-state index in [0.717, 1.165) is 16.8 Å². The molecule has 3 aromatic rings. The van der Waals surface area contributed by atoms with Gasteiger partial charge in [-0.3, -0.25) is 14.3 Å². The molecule has 0 saturated carbocycles. The number of aromatic nitrogens is 3. The molecule has 1 aliphatic rings. The molecule has 7 nitrogen and oxygen atoms in total. The zero-order chi connectivity index (χ0) is 22.0. The lowest BCUT2D eigenvalue weighted by Gasteiger charge is -2.17. The number of carbonyl (C=O) groups is 2. The van der Waals surface area contributed by atoms with Crippen LogP contribution < -0.4 is 5.32 Å². The molecule has 0 bridgehead atoms. The lowest BCUT2D eigenvalue weighted by molar-refractivity contribution is -0.124. The van der Waals surface area contributed by atoms with Crippen LogP contribution in [0.25, 0.3) is 17.1 Å². The highest BCUT2D eigenvalue weighted by Gasteiger charge is 2.27. The molecule has 3 amide bonds. The van der Waals surface area contributed by atoms with E-state index in [-0.39, 0.29) is 23.6 Å². The Balaban J connectivity index is 1.73. The molecule has 1 saturated heterocycles. The first-order valence-corrected chi connectivity index (χ1v) is 11.3. The van der Waals surface area contributed by atoms with E-state index in [0.29, 0.717) is 29.1 Å². The van der Waals surface area contributed by atoms with Gasteiger partial charge in [0.1, 0.15) is 0 Å². The van der Waals surface area contributed by atoms with Crippen molar-refractivity contribution in [3.8, 4) is 17.1 Å². The summed E-state index contributed by atoms with van der Waals surface area (Å²) in [6, 6.07) is 15.2. The maximum atomic E-state index is 12.5. The van der Waals surface area contributed by atoms with Gasteiger partial charge in [-0.1, -0.05) is 55.4 Å². The molecular formula is C22H22ClN5O2S. The Morgan fingerprint density at radius 3 is 2.58 bits per heavy atom. The van der Waals surface area contributed by atoms with Gasteiger partial charge in [0, 0.05) is 23.7 Å². The van der Waals surface area contributed by atoms with Crippen LogP contribution in [0.5, 0.6) is 0 Å². The second-order valence-electron chi connectivity index (χ2n) is 7.43. The Morgan fingerprint density at radius 2 is 1.90 bits per heavy atom. The van der Waals surface area contributed by atoms with E-state index in [4.69, 9.17) is 11.6 Å². The maximum Gasteiger partial charge on any atom is 0.324 e. The number of imide groups is 1. The Kier molecular flexibility index (Phi) is 6.29. The lowest BCUT2D eigenvalue weighted by Crippen LogP contribution is -2.35. The van der Waals surface area contributed by atoms with Gasteiger partial charge in [0.25, 0.3) is 0 Å². The largest absolute Gasteiger partial charge is 0.336 e. The standard InChI is InChI=1S/C22H22ClN5O2S/c1-14(2)17-5-3-4-6-18(17)28-20(15-7-9-16(23)10-8-15)25-26-22(28)31-13-19(29)27-12-11-24-21(27)30/h3-10,14H,11-13H2,1-2H3,(H,24,30). The van der Waals surface area contributed by atoms with Crippen molar-refractivity contribution in [1.29, 1.82) is 0 Å². The third-order valence-electron chi connectivity index (χ3n) is 5.02. The van der Waals surface area contributed by atoms with Gasteiger partial charge >= 0.3 is 6.03 Å². The number of nitrogens with one attached hydrogen (secondary N) is 1. The van der Waals surface area contributed by atoms with Crippen molar-refractivity contribution in [3.63, 3.8) is 0 Å². The lowest BCUT2D eigenvalue weighted by atomic mass is 10.0. The van der Waals surface area contributed by atoms with Gasteiger partial charge in [0.2, 0.25) is 5.91 Å². The van der Waals surface area contributed by atoms with Crippen LogP contribution in [0, 0.1) is 0 Å². The van der Waals surface area contributed by atoms with E-state index in [2.05, 4.69) is 35.4 Å². The first-order chi connectivity index (χ1) is 15.0. The van der Waals surface area contributed by atoms with Crippen molar-refractivity contribution in [3.05, 3.63) is 59.1 Å². The van der Waals surface area contributed by atoms with Crippen LogP contribution in [-0.2, 0) is 4.79 Å². The highest BCUT2D eigenvalue weighted by atomic mass is 35.5. The first-order valence-electron chi connectivity index (χ1n) is 9.97. The number of thioether (sulfide) groups is 1. The number of hydrogen-bond donors (Lipinski definition) is 1. The van der Waals surface area contributed by atoms with Crippen LogP contribution >= 0.6 is 23.4 Å². The summed E-state index contributed by atoms with van der Waals surface area (Å²) in [5.74, 6) is 0.790. The summed E-state index contributed by atoms with van der Waals surface area (Å²) in [4.78, 5) is 25.6. The summed E-state index contributed by atoms with van der Waals surface area (Å²) in [5, 5.41) is 12.7. The van der Waals surface area contributed by atoms with Crippen LogP contribution in [-0.4, -0.2) is 50.4 Å². The smallest absolute Gasteiger partial charge is 0.324 e. The monoisotopic (exact) mass is 455 g/mol. The van der Waals surface area contributed by atoms with Crippen molar-refractivity contribution in [2.24, 2.45) is 0 Å². The average Bonchev–Trinajstić information content (AvgIpc) is 3.38. The molecule has 0 unspecified atom stereocenters. The van der Waals surface area contributed by atoms with Crippen LogP contribution in [0.4, 0.5) is 4.79 Å². The number of urea groups is 1. The van der Waals surface area contributed by atoms with E-state index in [1.54, 1.807) is 0 Å². The maximum absolute atomic E-state index is 12.5. The van der Waals surface area contributed by atoms with Gasteiger partial charge in [-0.15, -0.1) is 10.2 Å². The number of benzene rings is 2. The Bertz CT molecular complexity index is 1110. The highest BCUT2D eigenvalue weighted by molar-refractivity contribution is 7.99. The van der Waals surface area contributed by atoms with E-state index in [9.17, 15) is 9.59 Å². The molecule has 9 heteroatoms. The molecule has 1 fully saturated rings. The molecule has 0 aliphatic carbocycles. The molecule has 2 aromatic carbocycles. The zero-order valence-electron chi connectivity index (χ0n) is 17.2. The summed E-state index contributed by atoms with van der Waals surface area (Å²) in [7, 11) is 0. The van der Waals surface area contributed by atoms with Crippen LogP contribution in [0.15, 0.2) is 53.7 Å². The van der Waals surface area contributed by atoms with Crippen LogP contribution in [0.3, 0.4) is 0 Å². The third-order valence-corrected chi connectivity index (χ3v) is 6.18. The number of amides is 3. The number of rotatable bonds is 6. The number of halogens is 1. The highest BCUT2D eigenvalue weighted by Crippen LogP contribution is 2.32. The van der Waals surface area contributed by atoms with Gasteiger partial charge in [0.15, 0.2) is 11.0 Å². The SMILES string of the molecule is CC(C)c1ccccc1-n1c(SCC(=O)N2CCNC2=O)nnc1-c1ccc(Cl)cc1. The van der Waals surface area contributed by atoms with Gasteiger partial charge in [-0.25, -0.2) is 4.79 Å². The molecule has 1 N–H and O–H groups in total. The fourth-order valence-corrected chi connectivity index (χ4v) is 4.41. The molecule has 1 aliphatic heterocycles. The van der Waals surface area contributed by atoms with Crippen LogP contribution in [0.2, 0.25) is 5.02 Å². The molecule has 0 atom stereocenters. The summed E-state index contributed by atoms with van der Waals surface area (Å²) >= 11 is 7.33. The molecular weight excluding hydrogens is 434 g/mol. The number of hydrogen-bond acceptors (Lipinski definition) is 5. The fourth-order valence-electron chi connectivity index (χ4n) is 3.46. The summed E-state index contributed by atoms with van der Waals surface area (Å²) in [5.41, 5.74) is 2.97. The first kappa shape index (κ1) is 21.4. The molecule has 31 heavy (non-hydrogen) atoms. The van der Waals surface area contributed by atoms with E-state index < -0.39 is 0 Å². The summed E-state index contributed by atoms with van der Waals surface area (Å²) in [6.45, 7) is 5.13. The number of nitrogens with zero attached hydrogens (tertiary/aromatic N) is 4. The zero-order valence-corrected chi connectivity index (χ0v) is 18.8. The minimum Gasteiger partial charge on any atom is -0.336 e. The second-order valence-corrected chi connectivity index (χ2v) is 8.81. The normalized spacial score (nSPS) is 13.7. The Labute approximate surface area is 189 Å². The van der Waals surface area contributed by atoms with Gasteiger partial charge in [0.05, 0.1) is 11.4 Å². The van der Waals surface area contributed by atoms with E-state index >= 15 is 0 Å². The molecule has 2 heterocycles. The van der Waals surface area contributed by atoms with Crippen molar-refractivity contribution in [2.45, 2.75) is 24.9 Å². The van der Waals surface area contributed by atoms with Gasteiger partial charge < -0.3 is 5.32 Å². The summed E-state index contributed by atoms with van der Waals surface area (Å²) < 4.78 is 1.97. The van der Waals surface area contributed by atoms with Gasteiger partial charge in [-0.2, -0.15) is 0 Å². The predicted molar refractivity (Wildman–Crippen MR) is 122 cm³/mol. The predicted octanol–water partition coefficient (Wildman–Crippen LogP) is 4.36.